The normalized spacial score (nSPS) is 13.4. The second kappa shape index (κ2) is 9.79. The van der Waals surface area contributed by atoms with Crippen LogP contribution in [0, 0.1) is 6.92 Å². The van der Waals surface area contributed by atoms with E-state index in [0.29, 0.717) is 0 Å². The van der Waals surface area contributed by atoms with Gasteiger partial charge in [0.25, 0.3) is 0 Å². The summed E-state index contributed by atoms with van der Waals surface area (Å²) in [5.74, 6) is 0. The minimum Gasteiger partial charge on any atom is -0.310 e. The van der Waals surface area contributed by atoms with E-state index in [9.17, 15) is 0 Å². The standard InChI is InChI=1S/C46H31N/c1-30-12-11-16-34(28-30)47(33-14-3-2-4-15-33)35-24-27-37-32(29-35)23-26-41-40-25-22-31-13-5-6-17-36(31)44(40)46(45(37)41)42-20-9-7-18-38(42)39-19-8-10-21-43(39)46/h2-29H,1H3. The molecule has 0 amide bonds. The fraction of sp³-hybridized carbons (Fsp3) is 0.0435. The third kappa shape index (κ3) is 3.54. The average molecular weight is 598 g/mol. The van der Waals surface area contributed by atoms with Crippen molar-refractivity contribution in [1.29, 1.82) is 0 Å². The maximum absolute atomic E-state index is 2.38. The molecule has 0 fully saturated rings. The highest BCUT2D eigenvalue weighted by atomic mass is 15.1. The van der Waals surface area contributed by atoms with Gasteiger partial charge in [-0.3, -0.25) is 0 Å². The highest BCUT2D eigenvalue weighted by Gasteiger charge is 2.53. The van der Waals surface area contributed by atoms with Gasteiger partial charge in [0.15, 0.2) is 0 Å². The van der Waals surface area contributed by atoms with Gasteiger partial charge < -0.3 is 4.90 Å². The van der Waals surface area contributed by atoms with Crippen LogP contribution in [-0.4, -0.2) is 0 Å². The fourth-order valence-electron chi connectivity index (χ4n) is 8.67. The van der Waals surface area contributed by atoms with E-state index in [2.05, 4.69) is 182 Å². The largest absolute Gasteiger partial charge is 0.310 e. The first-order valence-electron chi connectivity index (χ1n) is 16.4. The Kier molecular flexibility index (Phi) is 5.48. The van der Waals surface area contributed by atoms with Gasteiger partial charge in [-0.1, -0.05) is 133 Å². The Morgan fingerprint density at radius 2 is 0.957 bits per heavy atom. The van der Waals surface area contributed by atoms with Crippen molar-refractivity contribution in [3.63, 3.8) is 0 Å². The lowest BCUT2D eigenvalue weighted by atomic mass is 9.68. The monoisotopic (exact) mass is 597 g/mol. The summed E-state index contributed by atoms with van der Waals surface area (Å²) in [6.45, 7) is 2.16. The quantitative estimate of drug-likeness (QED) is 0.196. The van der Waals surface area contributed by atoms with Crippen molar-refractivity contribution in [3.8, 4) is 22.3 Å². The van der Waals surface area contributed by atoms with E-state index in [1.54, 1.807) is 0 Å². The van der Waals surface area contributed by atoms with Crippen LogP contribution in [0.15, 0.2) is 170 Å². The summed E-state index contributed by atoms with van der Waals surface area (Å²) in [6.07, 6.45) is 0. The van der Waals surface area contributed by atoms with E-state index < -0.39 is 5.41 Å². The van der Waals surface area contributed by atoms with Gasteiger partial charge in [-0.05, 0) is 115 Å². The molecule has 1 heteroatoms. The number of para-hydroxylation sites is 1. The summed E-state index contributed by atoms with van der Waals surface area (Å²) in [5.41, 5.74) is 15.2. The minimum atomic E-state index is -0.421. The molecule has 1 nitrogen and oxygen atoms in total. The molecule has 1 spiro atoms. The van der Waals surface area contributed by atoms with Crippen molar-refractivity contribution in [3.05, 3.63) is 198 Å². The molecule has 0 unspecified atom stereocenters. The smallest absolute Gasteiger partial charge is 0.0737 e. The van der Waals surface area contributed by atoms with E-state index in [0.717, 1.165) is 17.1 Å². The lowest BCUT2D eigenvalue weighted by Gasteiger charge is -2.32. The van der Waals surface area contributed by atoms with E-state index in [1.165, 1.54) is 71.6 Å². The summed E-state index contributed by atoms with van der Waals surface area (Å²) < 4.78 is 0. The number of hydrogen-bond donors (Lipinski definition) is 0. The van der Waals surface area contributed by atoms with Crippen LogP contribution in [-0.2, 0) is 5.41 Å². The Morgan fingerprint density at radius 3 is 1.68 bits per heavy atom. The molecule has 10 rings (SSSR count). The van der Waals surface area contributed by atoms with E-state index in [-0.39, 0.29) is 0 Å². The Balaban J connectivity index is 1.30. The predicted molar refractivity (Wildman–Crippen MR) is 197 cm³/mol. The van der Waals surface area contributed by atoms with Crippen molar-refractivity contribution in [1.82, 2.24) is 0 Å². The van der Waals surface area contributed by atoms with E-state index >= 15 is 0 Å². The van der Waals surface area contributed by atoms with Gasteiger partial charge >= 0.3 is 0 Å². The average Bonchev–Trinajstić information content (AvgIpc) is 3.60. The molecule has 47 heavy (non-hydrogen) atoms. The summed E-state index contributed by atoms with van der Waals surface area (Å²) >= 11 is 0. The summed E-state index contributed by atoms with van der Waals surface area (Å²) in [6, 6.07) is 63.1. The molecule has 0 bridgehead atoms. The molecule has 0 heterocycles. The van der Waals surface area contributed by atoms with Crippen LogP contribution >= 0.6 is 0 Å². The number of rotatable bonds is 3. The lowest BCUT2D eigenvalue weighted by Crippen LogP contribution is -2.26. The first-order chi connectivity index (χ1) is 23.2. The number of aryl methyl sites for hydroxylation is 1. The molecule has 220 valence electrons. The SMILES string of the molecule is Cc1cccc(N(c2ccccc2)c2ccc3c4c(ccc3c2)-c2ccc3ccccc3c2C42c3ccccc3-c3ccccc32)c1. The van der Waals surface area contributed by atoms with Gasteiger partial charge in [0, 0.05) is 17.1 Å². The zero-order valence-electron chi connectivity index (χ0n) is 26.1. The molecule has 0 atom stereocenters. The molecule has 0 aliphatic heterocycles. The molecular formula is C46H31N. The molecule has 2 aliphatic carbocycles. The van der Waals surface area contributed by atoms with Crippen LogP contribution < -0.4 is 4.90 Å². The third-order valence-electron chi connectivity index (χ3n) is 10.5. The summed E-state index contributed by atoms with van der Waals surface area (Å²) in [4.78, 5) is 2.37. The summed E-state index contributed by atoms with van der Waals surface area (Å²) in [7, 11) is 0. The molecule has 0 aromatic heterocycles. The highest BCUT2D eigenvalue weighted by molar-refractivity contribution is 6.09. The summed E-state index contributed by atoms with van der Waals surface area (Å²) in [5, 5.41) is 5.15. The zero-order valence-corrected chi connectivity index (χ0v) is 26.1. The molecule has 0 radical (unpaired) electrons. The van der Waals surface area contributed by atoms with Gasteiger partial charge in [-0.2, -0.15) is 0 Å². The van der Waals surface area contributed by atoms with Gasteiger partial charge in [0.05, 0.1) is 5.41 Å². The van der Waals surface area contributed by atoms with Gasteiger partial charge in [0.2, 0.25) is 0 Å². The number of nitrogens with zero attached hydrogens (tertiary/aromatic N) is 1. The van der Waals surface area contributed by atoms with Crippen LogP contribution in [0.1, 0.15) is 27.8 Å². The number of benzene rings is 8. The van der Waals surface area contributed by atoms with E-state index in [4.69, 9.17) is 0 Å². The lowest BCUT2D eigenvalue weighted by molar-refractivity contribution is 0.809. The molecule has 0 saturated heterocycles. The molecule has 8 aromatic carbocycles. The van der Waals surface area contributed by atoms with Crippen LogP contribution in [0.4, 0.5) is 17.1 Å². The van der Waals surface area contributed by atoms with Crippen molar-refractivity contribution in [2.24, 2.45) is 0 Å². The highest BCUT2D eigenvalue weighted by Crippen LogP contribution is 2.65. The third-order valence-corrected chi connectivity index (χ3v) is 10.5. The first-order valence-corrected chi connectivity index (χ1v) is 16.4. The molecular weight excluding hydrogens is 567 g/mol. The van der Waals surface area contributed by atoms with Gasteiger partial charge in [0.1, 0.15) is 0 Å². The van der Waals surface area contributed by atoms with Crippen molar-refractivity contribution >= 4 is 38.6 Å². The van der Waals surface area contributed by atoms with Crippen LogP contribution in [0.5, 0.6) is 0 Å². The molecule has 0 N–H and O–H groups in total. The van der Waals surface area contributed by atoms with Crippen LogP contribution in [0.3, 0.4) is 0 Å². The molecule has 2 aliphatic rings. The maximum Gasteiger partial charge on any atom is 0.0737 e. The maximum atomic E-state index is 2.38. The fourth-order valence-corrected chi connectivity index (χ4v) is 8.67. The number of anilines is 3. The second-order valence-corrected chi connectivity index (χ2v) is 13.0. The first kappa shape index (κ1) is 26.3. The predicted octanol–water partition coefficient (Wildman–Crippen LogP) is 12.1. The Hall–Kier alpha value is -5.92. The number of hydrogen-bond acceptors (Lipinski definition) is 1. The minimum absolute atomic E-state index is 0.421. The zero-order chi connectivity index (χ0) is 31.1. The van der Waals surface area contributed by atoms with E-state index in [1.807, 2.05) is 0 Å². The van der Waals surface area contributed by atoms with Gasteiger partial charge in [-0.15, -0.1) is 0 Å². The second-order valence-electron chi connectivity index (χ2n) is 13.0. The Morgan fingerprint density at radius 1 is 0.383 bits per heavy atom. The Bertz CT molecular complexity index is 2500. The van der Waals surface area contributed by atoms with Crippen molar-refractivity contribution in [2.75, 3.05) is 4.90 Å². The van der Waals surface area contributed by atoms with Gasteiger partial charge in [-0.25, -0.2) is 0 Å². The topological polar surface area (TPSA) is 3.24 Å². The molecule has 8 aromatic rings. The van der Waals surface area contributed by atoms with Crippen molar-refractivity contribution < 1.29 is 0 Å². The Labute approximate surface area is 275 Å². The van der Waals surface area contributed by atoms with Crippen LogP contribution in [0.25, 0.3) is 43.8 Å². The number of fused-ring (bicyclic) bond motifs is 14. The van der Waals surface area contributed by atoms with Crippen molar-refractivity contribution in [2.45, 2.75) is 12.3 Å². The molecule has 0 saturated carbocycles. The van der Waals surface area contributed by atoms with Crippen LogP contribution in [0.2, 0.25) is 0 Å².